The number of thiazole rings is 1. The lowest BCUT2D eigenvalue weighted by Gasteiger charge is -2.15. The van der Waals surface area contributed by atoms with Crippen LogP contribution in [-0.2, 0) is 13.5 Å². The Morgan fingerprint density at radius 1 is 1.47 bits per heavy atom. The van der Waals surface area contributed by atoms with E-state index in [1.54, 1.807) is 11.3 Å². The summed E-state index contributed by atoms with van der Waals surface area (Å²) in [6.45, 7) is 3.12. The summed E-state index contributed by atoms with van der Waals surface area (Å²) in [7, 11) is 1.95. The minimum absolute atomic E-state index is 0.410. The molecule has 0 radical (unpaired) electrons. The predicted molar refractivity (Wildman–Crippen MR) is 70.1 cm³/mol. The van der Waals surface area contributed by atoms with Gasteiger partial charge in [0.2, 0.25) is 0 Å². The van der Waals surface area contributed by atoms with E-state index in [0.717, 1.165) is 19.4 Å². The lowest BCUT2D eigenvalue weighted by molar-refractivity contribution is 0.522. The molecular formula is C12H18N4S. The van der Waals surface area contributed by atoms with E-state index in [2.05, 4.69) is 28.5 Å². The van der Waals surface area contributed by atoms with Gasteiger partial charge in [0, 0.05) is 30.4 Å². The fourth-order valence-electron chi connectivity index (χ4n) is 1.90. The van der Waals surface area contributed by atoms with Crippen LogP contribution in [-0.4, -0.2) is 21.3 Å². The van der Waals surface area contributed by atoms with Crippen molar-refractivity contribution in [3.05, 3.63) is 34.5 Å². The van der Waals surface area contributed by atoms with Crippen LogP contribution in [0.2, 0.25) is 0 Å². The molecule has 0 saturated carbocycles. The van der Waals surface area contributed by atoms with E-state index < -0.39 is 0 Å². The maximum atomic E-state index is 4.19. The van der Waals surface area contributed by atoms with Crippen molar-refractivity contribution in [2.24, 2.45) is 7.05 Å². The van der Waals surface area contributed by atoms with Crippen molar-refractivity contribution in [1.82, 2.24) is 20.1 Å². The highest BCUT2D eigenvalue weighted by Gasteiger charge is 2.12. The molecule has 0 aliphatic carbocycles. The van der Waals surface area contributed by atoms with Crippen LogP contribution < -0.4 is 5.32 Å². The Morgan fingerprint density at radius 2 is 2.35 bits per heavy atom. The molecule has 0 fully saturated rings. The smallest absolute Gasteiger partial charge is 0.0794 e. The lowest BCUT2D eigenvalue weighted by atomic mass is 10.1. The number of hydrogen-bond acceptors (Lipinski definition) is 4. The summed E-state index contributed by atoms with van der Waals surface area (Å²) in [6.07, 6.45) is 8.11. The van der Waals surface area contributed by atoms with Crippen molar-refractivity contribution in [2.45, 2.75) is 25.8 Å². The highest BCUT2D eigenvalue weighted by Crippen LogP contribution is 2.22. The summed E-state index contributed by atoms with van der Waals surface area (Å²) < 4.78 is 1.85. The highest BCUT2D eigenvalue weighted by atomic mass is 32.1. The van der Waals surface area contributed by atoms with Gasteiger partial charge in [0.05, 0.1) is 11.7 Å². The molecule has 2 aromatic rings. The zero-order valence-electron chi connectivity index (χ0n) is 10.3. The van der Waals surface area contributed by atoms with E-state index in [9.17, 15) is 0 Å². The number of nitrogens with zero attached hydrogens (tertiary/aromatic N) is 3. The molecule has 0 bridgehead atoms. The van der Waals surface area contributed by atoms with Crippen molar-refractivity contribution >= 4 is 11.3 Å². The van der Waals surface area contributed by atoms with E-state index in [1.807, 2.05) is 29.6 Å². The van der Waals surface area contributed by atoms with Gasteiger partial charge in [-0.05, 0) is 24.9 Å². The Kier molecular flexibility index (Phi) is 4.28. The fourth-order valence-corrected chi connectivity index (χ4v) is 2.63. The molecule has 92 valence electrons. The molecule has 1 atom stereocenters. The minimum atomic E-state index is 0.410. The van der Waals surface area contributed by atoms with Gasteiger partial charge in [0.1, 0.15) is 0 Å². The normalized spacial score (nSPS) is 12.8. The largest absolute Gasteiger partial charge is 0.309 e. The molecule has 0 saturated heterocycles. The third-order valence-corrected chi connectivity index (χ3v) is 3.61. The first-order valence-electron chi connectivity index (χ1n) is 5.89. The molecule has 2 rings (SSSR count). The van der Waals surface area contributed by atoms with Crippen LogP contribution >= 0.6 is 11.3 Å². The zero-order chi connectivity index (χ0) is 12.1. The van der Waals surface area contributed by atoms with Crippen molar-refractivity contribution in [1.29, 1.82) is 0 Å². The van der Waals surface area contributed by atoms with Crippen molar-refractivity contribution in [2.75, 3.05) is 6.54 Å². The number of aromatic nitrogens is 3. The molecule has 1 N–H and O–H groups in total. The molecule has 17 heavy (non-hydrogen) atoms. The van der Waals surface area contributed by atoms with Gasteiger partial charge in [-0.1, -0.05) is 6.92 Å². The van der Waals surface area contributed by atoms with Crippen LogP contribution in [0, 0.1) is 0 Å². The molecule has 0 amide bonds. The molecule has 1 unspecified atom stereocenters. The third kappa shape index (κ3) is 3.38. The summed E-state index contributed by atoms with van der Waals surface area (Å²) in [4.78, 5) is 5.46. The predicted octanol–water partition coefficient (Wildman–Crippen LogP) is 2.16. The van der Waals surface area contributed by atoms with Gasteiger partial charge in [-0.15, -0.1) is 11.3 Å². The van der Waals surface area contributed by atoms with Crippen LogP contribution in [0.15, 0.2) is 24.1 Å². The molecule has 0 aliphatic heterocycles. The molecular weight excluding hydrogens is 232 g/mol. The minimum Gasteiger partial charge on any atom is -0.309 e. The monoisotopic (exact) mass is 250 g/mol. The quantitative estimate of drug-likeness (QED) is 0.854. The van der Waals surface area contributed by atoms with E-state index in [-0.39, 0.29) is 0 Å². The van der Waals surface area contributed by atoms with E-state index >= 15 is 0 Å². The maximum absolute atomic E-state index is 4.19. The molecule has 0 aliphatic rings. The summed E-state index contributed by atoms with van der Waals surface area (Å²) in [5, 5.41) is 7.70. The summed E-state index contributed by atoms with van der Waals surface area (Å²) in [5.74, 6) is 0. The van der Waals surface area contributed by atoms with Gasteiger partial charge in [-0.25, -0.2) is 0 Å². The van der Waals surface area contributed by atoms with Gasteiger partial charge in [0.15, 0.2) is 0 Å². The van der Waals surface area contributed by atoms with Gasteiger partial charge in [-0.3, -0.25) is 9.67 Å². The number of aryl methyl sites for hydroxylation is 2. The molecule has 0 spiro atoms. The number of hydrogen-bond donors (Lipinski definition) is 1. The van der Waals surface area contributed by atoms with Crippen molar-refractivity contribution < 1.29 is 0 Å². The Labute approximate surface area is 106 Å². The molecule has 2 heterocycles. The van der Waals surface area contributed by atoms with E-state index in [0.29, 0.717) is 6.04 Å². The second kappa shape index (κ2) is 5.93. The SMILES string of the molecule is CCNC(CCc1cnn(C)c1)c1cncs1. The molecule has 0 aromatic carbocycles. The maximum Gasteiger partial charge on any atom is 0.0794 e. The Bertz CT molecular complexity index is 435. The van der Waals surface area contributed by atoms with Gasteiger partial charge < -0.3 is 5.32 Å². The average molecular weight is 250 g/mol. The third-order valence-electron chi connectivity index (χ3n) is 2.73. The summed E-state index contributed by atoms with van der Waals surface area (Å²) in [5.41, 5.74) is 3.18. The standard InChI is InChI=1S/C12H18N4S/c1-3-14-11(12-7-13-9-17-12)5-4-10-6-15-16(2)8-10/h6-9,11,14H,3-5H2,1-2H3. The van der Waals surface area contributed by atoms with E-state index in [4.69, 9.17) is 0 Å². The van der Waals surface area contributed by atoms with Crippen molar-refractivity contribution in [3.8, 4) is 0 Å². The van der Waals surface area contributed by atoms with Crippen LogP contribution in [0.3, 0.4) is 0 Å². The van der Waals surface area contributed by atoms with E-state index in [1.165, 1.54) is 10.4 Å². The average Bonchev–Trinajstić information content (AvgIpc) is 2.95. The topological polar surface area (TPSA) is 42.7 Å². The van der Waals surface area contributed by atoms with Gasteiger partial charge in [-0.2, -0.15) is 5.10 Å². The molecule has 5 heteroatoms. The van der Waals surface area contributed by atoms with Gasteiger partial charge >= 0.3 is 0 Å². The zero-order valence-corrected chi connectivity index (χ0v) is 11.1. The molecule has 2 aromatic heterocycles. The number of nitrogens with one attached hydrogen (secondary N) is 1. The second-order valence-corrected chi connectivity index (χ2v) is 4.99. The first kappa shape index (κ1) is 12.3. The second-order valence-electron chi connectivity index (χ2n) is 4.07. The summed E-state index contributed by atoms with van der Waals surface area (Å²) in [6, 6.07) is 0.410. The van der Waals surface area contributed by atoms with Crippen LogP contribution in [0.25, 0.3) is 0 Å². The van der Waals surface area contributed by atoms with Gasteiger partial charge in [0.25, 0.3) is 0 Å². The van der Waals surface area contributed by atoms with Crippen molar-refractivity contribution in [3.63, 3.8) is 0 Å². The first-order chi connectivity index (χ1) is 8.29. The summed E-state index contributed by atoms with van der Waals surface area (Å²) >= 11 is 1.72. The Morgan fingerprint density at radius 3 is 2.94 bits per heavy atom. The molecule has 4 nitrogen and oxygen atoms in total. The Hall–Kier alpha value is -1.20. The Balaban J connectivity index is 1.94. The lowest BCUT2D eigenvalue weighted by Crippen LogP contribution is -2.20. The highest BCUT2D eigenvalue weighted by molar-refractivity contribution is 7.09. The van der Waals surface area contributed by atoms with Crippen LogP contribution in [0.5, 0.6) is 0 Å². The first-order valence-corrected chi connectivity index (χ1v) is 6.77. The fraction of sp³-hybridized carbons (Fsp3) is 0.500. The van der Waals surface area contributed by atoms with Crippen LogP contribution in [0.4, 0.5) is 0 Å². The van der Waals surface area contributed by atoms with Crippen LogP contribution in [0.1, 0.15) is 29.8 Å². The number of rotatable bonds is 6.